The van der Waals surface area contributed by atoms with Gasteiger partial charge in [-0.05, 0) is 17.9 Å². The predicted octanol–water partition coefficient (Wildman–Crippen LogP) is 2.68. The lowest BCUT2D eigenvalue weighted by Gasteiger charge is -2.10. The Morgan fingerprint density at radius 1 is 1.16 bits per heavy atom. The molecule has 0 aliphatic heterocycles. The maximum atomic E-state index is 12.3. The Labute approximate surface area is 180 Å². The van der Waals surface area contributed by atoms with E-state index in [1.54, 1.807) is 27.2 Å². The normalized spacial score (nSPS) is 11.3. The number of aromatic nitrogens is 8. The molecule has 4 heterocycles. The van der Waals surface area contributed by atoms with E-state index in [-0.39, 0.29) is 5.69 Å². The van der Waals surface area contributed by atoms with E-state index in [9.17, 15) is 4.79 Å². The van der Waals surface area contributed by atoms with Crippen LogP contribution in [0.15, 0.2) is 58.9 Å². The Morgan fingerprint density at radius 2 is 2.06 bits per heavy atom. The molecule has 0 atom stereocenters. The lowest BCUT2D eigenvalue weighted by atomic mass is 10.2. The molecule has 0 fully saturated rings. The molecular weight excluding hydrogens is 414 g/mol. The van der Waals surface area contributed by atoms with E-state index in [0.717, 1.165) is 27.1 Å². The Morgan fingerprint density at radius 3 is 2.87 bits per heavy atom. The highest BCUT2D eigenvalue weighted by molar-refractivity contribution is 7.99. The van der Waals surface area contributed by atoms with Crippen LogP contribution in [-0.2, 0) is 7.05 Å². The summed E-state index contributed by atoms with van der Waals surface area (Å²) in [5.41, 5.74) is 1.93. The highest BCUT2D eigenvalue weighted by atomic mass is 32.2. The van der Waals surface area contributed by atoms with Gasteiger partial charge in [0.2, 0.25) is 5.95 Å². The van der Waals surface area contributed by atoms with Crippen LogP contribution in [-0.4, -0.2) is 45.1 Å². The molecule has 0 aliphatic rings. The van der Waals surface area contributed by atoms with Gasteiger partial charge in [0.15, 0.2) is 11.5 Å². The molecule has 4 aromatic heterocycles. The number of thioether (sulfide) groups is 1. The van der Waals surface area contributed by atoms with Crippen molar-refractivity contribution in [1.29, 1.82) is 0 Å². The second-order valence-corrected chi connectivity index (χ2v) is 7.95. The van der Waals surface area contributed by atoms with Crippen LogP contribution in [0, 0.1) is 0 Å². The average Bonchev–Trinajstić information content (AvgIpc) is 3.34. The molecule has 0 saturated carbocycles. The Kier molecular flexibility index (Phi) is 4.79. The average molecular weight is 431 g/mol. The molecule has 1 N–H and O–H groups in total. The summed E-state index contributed by atoms with van der Waals surface area (Å²) >= 11 is 1.69. The molecule has 0 unspecified atom stereocenters. The fraction of sp³-hybridized carbons (Fsp3) is 0.150. The van der Waals surface area contributed by atoms with Gasteiger partial charge in [-0.3, -0.25) is 14.5 Å². The third kappa shape index (κ3) is 3.48. The smallest absolute Gasteiger partial charge is 0.295 e. The first-order valence-corrected chi connectivity index (χ1v) is 10.5. The van der Waals surface area contributed by atoms with Gasteiger partial charge in [0, 0.05) is 35.9 Å². The number of nitrogens with one attached hydrogen (secondary N) is 1. The zero-order valence-corrected chi connectivity index (χ0v) is 17.5. The maximum Gasteiger partial charge on any atom is 0.295 e. The van der Waals surface area contributed by atoms with Crippen molar-refractivity contribution in [3.05, 3.63) is 59.5 Å². The van der Waals surface area contributed by atoms with Crippen molar-refractivity contribution >= 4 is 39.9 Å². The van der Waals surface area contributed by atoms with Crippen molar-refractivity contribution in [3.63, 3.8) is 0 Å². The van der Waals surface area contributed by atoms with Gasteiger partial charge in [-0.15, -0.1) is 16.9 Å². The Hall–Kier alpha value is -3.86. The summed E-state index contributed by atoms with van der Waals surface area (Å²) in [7, 11) is 1.84. The van der Waals surface area contributed by atoms with Gasteiger partial charge < -0.3 is 5.32 Å². The molecule has 31 heavy (non-hydrogen) atoms. The number of para-hydroxylation sites is 1. The van der Waals surface area contributed by atoms with Crippen molar-refractivity contribution < 1.29 is 0 Å². The second kappa shape index (κ2) is 7.76. The van der Waals surface area contributed by atoms with Crippen LogP contribution in [0.5, 0.6) is 0 Å². The third-order valence-electron chi connectivity index (χ3n) is 4.55. The Balaban J connectivity index is 1.79. The first kappa shape index (κ1) is 19.1. The Bertz CT molecular complexity index is 1480. The minimum atomic E-state index is -0.448. The minimum absolute atomic E-state index is 0.192. The zero-order chi connectivity index (χ0) is 21.4. The molecule has 1 aromatic carbocycles. The van der Waals surface area contributed by atoms with Crippen LogP contribution in [0.25, 0.3) is 27.9 Å². The highest BCUT2D eigenvalue weighted by Crippen LogP contribution is 2.31. The topological polar surface area (TPSA) is 116 Å². The molecule has 5 aromatic rings. The summed E-state index contributed by atoms with van der Waals surface area (Å²) in [6.07, 6.45) is 7.76. The van der Waals surface area contributed by atoms with Crippen LogP contribution in [0.2, 0.25) is 0 Å². The molecule has 0 amide bonds. The van der Waals surface area contributed by atoms with E-state index in [4.69, 9.17) is 9.97 Å². The molecule has 0 saturated heterocycles. The standard InChI is InChI=1S/C20H17N9OS/c1-3-31-15-6-4-5-13-16(15)25-20(24-14-10-21-7-8-22-19(14)30)29-18(13)26-17(27-29)12-9-23-28(2)11-12/h4-11H,3H2,1-2H3,(H,22,24,25,30). The summed E-state index contributed by atoms with van der Waals surface area (Å²) in [6, 6.07) is 5.97. The molecular formula is C20H17N9OS. The van der Waals surface area contributed by atoms with Crippen LogP contribution in [0.1, 0.15) is 6.92 Å². The van der Waals surface area contributed by atoms with Gasteiger partial charge in [0.25, 0.3) is 5.56 Å². The SMILES string of the molecule is CCSc1cccc2c1nc(Nc1cnccnc1=O)n1nc(-c3cnn(C)c3)nc21. The maximum absolute atomic E-state index is 12.3. The largest absolute Gasteiger partial charge is 0.318 e. The van der Waals surface area contributed by atoms with Gasteiger partial charge in [0.05, 0.1) is 23.5 Å². The molecule has 0 spiro atoms. The number of rotatable bonds is 5. The first-order chi connectivity index (χ1) is 15.1. The highest BCUT2D eigenvalue weighted by Gasteiger charge is 2.18. The molecule has 0 bridgehead atoms. The fourth-order valence-corrected chi connectivity index (χ4v) is 3.98. The van der Waals surface area contributed by atoms with Crippen molar-refractivity contribution in [2.75, 3.05) is 11.1 Å². The number of fused-ring (bicyclic) bond motifs is 3. The van der Waals surface area contributed by atoms with E-state index in [0.29, 0.717) is 17.4 Å². The van der Waals surface area contributed by atoms with Crippen molar-refractivity contribution in [3.8, 4) is 11.4 Å². The molecule has 10 nitrogen and oxygen atoms in total. The van der Waals surface area contributed by atoms with Gasteiger partial charge in [-0.2, -0.15) is 9.61 Å². The number of hydrogen-bond acceptors (Lipinski definition) is 9. The summed E-state index contributed by atoms with van der Waals surface area (Å²) in [4.78, 5) is 30.8. The summed E-state index contributed by atoms with van der Waals surface area (Å²) < 4.78 is 3.29. The van der Waals surface area contributed by atoms with Crippen LogP contribution in [0.4, 0.5) is 11.6 Å². The molecule has 5 rings (SSSR count). The fourth-order valence-electron chi connectivity index (χ4n) is 3.21. The van der Waals surface area contributed by atoms with Gasteiger partial charge in [-0.1, -0.05) is 13.0 Å². The van der Waals surface area contributed by atoms with Crippen LogP contribution >= 0.6 is 11.8 Å². The third-order valence-corrected chi connectivity index (χ3v) is 5.48. The van der Waals surface area contributed by atoms with E-state index in [1.165, 1.54) is 18.6 Å². The number of anilines is 2. The second-order valence-electron chi connectivity index (χ2n) is 6.64. The molecule has 0 radical (unpaired) electrons. The van der Waals surface area contributed by atoms with Crippen molar-refractivity contribution in [2.45, 2.75) is 11.8 Å². The van der Waals surface area contributed by atoms with Crippen molar-refractivity contribution in [2.24, 2.45) is 7.05 Å². The summed E-state index contributed by atoms with van der Waals surface area (Å²) in [6.45, 7) is 2.09. The monoisotopic (exact) mass is 431 g/mol. The zero-order valence-electron chi connectivity index (χ0n) is 16.7. The van der Waals surface area contributed by atoms with Crippen LogP contribution < -0.4 is 10.9 Å². The number of nitrogens with zero attached hydrogens (tertiary/aromatic N) is 8. The quantitative estimate of drug-likeness (QED) is 0.419. The van der Waals surface area contributed by atoms with Crippen LogP contribution in [0.3, 0.4) is 0 Å². The summed E-state index contributed by atoms with van der Waals surface area (Å²) in [5, 5.41) is 12.8. The summed E-state index contributed by atoms with van der Waals surface area (Å²) in [5.74, 6) is 1.76. The predicted molar refractivity (Wildman–Crippen MR) is 118 cm³/mol. The number of hydrogen-bond donors (Lipinski definition) is 1. The minimum Gasteiger partial charge on any atom is -0.318 e. The van der Waals surface area contributed by atoms with Crippen molar-refractivity contribution in [1.82, 2.24) is 39.3 Å². The van der Waals surface area contributed by atoms with E-state index >= 15 is 0 Å². The van der Waals surface area contributed by atoms with Gasteiger partial charge >= 0.3 is 0 Å². The number of aryl methyl sites for hydroxylation is 1. The lowest BCUT2D eigenvalue weighted by molar-refractivity contribution is 0.768. The molecule has 11 heteroatoms. The number of benzene rings is 1. The van der Waals surface area contributed by atoms with E-state index in [1.807, 2.05) is 31.4 Å². The van der Waals surface area contributed by atoms with Gasteiger partial charge in [0.1, 0.15) is 5.69 Å². The van der Waals surface area contributed by atoms with E-state index < -0.39 is 5.56 Å². The van der Waals surface area contributed by atoms with E-state index in [2.05, 4.69) is 32.4 Å². The first-order valence-electron chi connectivity index (χ1n) is 9.52. The molecule has 154 valence electrons. The molecule has 0 aliphatic carbocycles. The lowest BCUT2D eigenvalue weighted by Crippen LogP contribution is -2.12. The van der Waals surface area contributed by atoms with Gasteiger partial charge in [-0.25, -0.2) is 15.0 Å².